The Balaban J connectivity index is 1.57. The van der Waals surface area contributed by atoms with Crippen LogP contribution in [0, 0.1) is 11.8 Å². The number of nitrogens with one attached hydrogen (secondary N) is 1. The summed E-state index contributed by atoms with van der Waals surface area (Å²) < 4.78 is 25.2. The molecule has 4 rings (SSSR count). The van der Waals surface area contributed by atoms with Crippen molar-refractivity contribution in [3.63, 3.8) is 0 Å². The summed E-state index contributed by atoms with van der Waals surface area (Å²) in [6, 6.07) is -0.00358. The molecule has 1 saturated carbocycles. The molecule has 0 bridgehead atoms. The van der Waals surface area contributed by atoms with Crippen molar-refractivity contribution in [2.75, 3.05) is 12.8 Å². The van der Waals surface area contributed by atoms with Crippen molar-refractivity contribution in [3.8, 4) is 0 Å². The zero-order valence-corrected chi connectivity index (χ0v) is 17.7. The molecule has 1 aromatic heterocycles. The fraction of sp³-hybridized carbons (Fsp3) is 0.611. The Bertz CT molecular complexity index is 949. The number of aromatic nitrogens is 1. The van der Waals surface area contributed by atoms with Crippen LogP contribution in [-0.4, -0.2) is 59.3 Å². The Morgan fingerprint density at radius 3 is 2.71 bits per heavy atom. The van der Waals surface area contributed by atoms with E-state index >= 15 is 0 Å². The number of carbonyl (C=O) groups is 2. The highest BCUT2D eigenvalue weighted by Gasteiger charge is 2.54. The SMILES string of the molecule is CC(C)[C@@H]1C(=O)N(S(C)(=O)=O)C2=CCN(C(=O)c3csc(CNC4CC4)n3)[C@H]21. The minimum atomic E-state index is -3.74. The molecule has 10 heteroatoms. The van der Waals surface area contributed by atoms with E-state index in [-0.39, 0.29) is 18.4 Å². The van der Waals surface area contributed by atoms with E-state index in [1.807, 2.05) is 13.8 Å². The van der Waals surface area contributed by atoms with Gasteiger partial charge < -0.3 is 10.2 Å². The Hall–Kier alpha value is -1.78. The highest BCUT2D eigenvalue weighted by Crippen LogP contribution is 2.41. The Kier molecular flexibility index (Phi) is 4.83. The van der Waals surface area contributed by atoms with Crippen molar-refractivity contribution in [3.05, 3.63) is 27.9 Å². The lowest BCUT2D eigenvalue weighted by molar-refractivity contribution is -0.128. The van der Waals surface area contributed by atoms with Crippen LogP contribution in [0.4, 0.5) is 0 Å². The number of hydrogen-bond acceptors (Lipinski definition) is 7. The molecule has 0 radical (unpaired) electrons. The molecule has 1 saturated heterocycles. The molecule has 3 aliphatic rings. The second-order valence-electron chi connectivity index (χ2n) is 7.95. The normalized spacial score (nSPS) is 24.9. The van der Waals surface area contributed by atoms with Crippen molar-refractivity contribution < 1.29 is 18.0 Å². The summed E-state index contributed by atoms with van der Waals surface area (Å²) >= 11 is 1.43. The Morgan fingerprint density at radius 2 is 2.11 bits per heavy atom. The fourth-order valence-electron chi connectivity index (χ4n) is 3.93. The van der Waals surface area contributed by atoms with Gasteiger partial charge in [-0.05, 0) is 24.8 Å². The van der Waals surface area contributed by atoms with Crippen LogP contribution in [0.2, 0.25) is 0 Å². The maximum absolute atomic E-state index is 13.1. The summed E-state index contributed by atoms with van der Waals surface area (Å²) in [5.41, 5.74) is 0.741. The molecule has 28 heavy (non-hydrogen) atoms. The average molecular weight is 425 g/mol. The van der Waals surface area contributed by atoms with Gasteiger partial charge in [-0.15, -0.1) is 11.3 Å². The summed E-state index contributed by atoms with van der Waals surface area (Å²) in [6.45, 7) is 4.66. The van der Waals surface area contributed by atoms with Crippen molar-refractivity contribution in [2.45, 2.75) is 45.3 Å². The van der Waals surface area contributed by atoms with Gasteiger partial charge in [0.25, 0.3) is 5.91 Å². The number of fused-ring (bicyclic) bond motifs is 1. The van der Waals surface area contributed by atoms with E-state index in [0.717, 1.165) is 15.6 Å². The van der Waals surface area contributed by atoms with Crippen LogP contribution in [0.1, 0.15) is 42.2 Å². The monoisotopic (exact) mass is 424 g/mol. The minimum Gasteiger partial charge on any atom is -0.324 e. The lowest BCUT2D eigenvalue weighted by Gasteiger charge is -2.28. The van der Waals surface area contributed by atoms with Gasteiger partial charge in [-0.2, -0.15) is 0 Å². The van der Waals surface area contributed by atoms with Gasteiger partial charge in [0.1, 0.15) is 10.7 Å². The number of rotatable bonds is 6. The molecule has 0 unspecified atom stereocenters. The predicted octanol–water partition coefficient (Wildman–Crippen LogP) is 1.18. The maximum Gasteiger partial charge on any atom is 0.274 e. The quantitative estimate of drug-likeness (QED) is 0.736. The van der Waals surface area contributed by atoms with Gasteiger partial charge in [0.05, 0.1) is 23.9 Å². The van der Waals surface area contributed by atoms with Crippen molar-refractivity contribution in [1.82, 2.24) is 19.5 Å². The lowest BCUT2D eigenvalue weighted by Crippen LogP contribution is -2.43. The van der Waals surface area contributed by atoms with E-state index in [1.165, 1.54) is 24.2 Å². The smallest absolute Gasteiger partial charge is 0.274 e. The summed E-state index contributed by atoms with van der Waals surface area (Å²) in [7, 11) is -3.74. The molecule has 2 atom stereocenters. The van der Waals surface area contributed by atoms with Crippen molar-refractivity contribution >= 4 is 33.2 Å². The van der Waals surface area contributed by atoms with Gasteiger partial charge in [-0.25, -0.2) is 17.7 Å². The number of thiazole rings is 1. The molecule has 0 spiro atoms. The first-order valence-electron chi connectivity index (χ1n) is 9.41. The second-order valence-corrected chi connectivity index (χ2v) is 10.7. The van der Waals surface area contributed by atoms with Crippen LogP contribution in [0.15, 0.2) is 17.2 Å². The number of sulfonamides is 1. The van der Waals surface area contributed by atoms with Gasteiger partial charge in [0.15, 0.2) is 0 Å². The van der Waals surface area contributed by atoms with Gasteiger partial charge in [0.2, 0.25) is 15.9 Å². The number of hydrogen-bond donors (Lipinski definition) is 1. The molecule has 152 valence electrons. The second kappa shape index (κ2) is 6.93. The van der Waals surface area contributed by atoms with Crippen LogP contribution < -0.4 is 5.32 Å². The standard InChI is InChI=1S/C18H24N4O4S2/c1-10(2)15-16-13(22(18(15)24)28(3,25)26)6-7-21(16)17(23)12-9-27-14(20-12)8-19-11-4-5-11/h6,9-11,15-16,19H,4-5,7-8H2,1-3H3/t15-,16+/m0/s1. The van der Waals surface area contributed by atoms with Gasteiger partial charge in [0, 0.05) is 24.5 Å². The van der Waals surface area contributed by atoms with Crippen LogP contribution in [0.5, 0.6) is 0 Å². The third-order valence-corrected chi connectivity index (χ3v) is 7.30. The number of nitrogens with zero attached hydrogens (tertiary/aromatic N) is 3. The van der Waals surface area contributed by atoms with Crippen LogP contribution in [0.25, 0.3) is 0 Å². The molecule has 1 aliphatic carbocycles. The highest BCUT2D eigenvalue weighted by molar-refractivity contribution is 7.89. The first-order chi connectivity index (χ1) is 13.2. The van der Waals surface area contributed by atoms with E-state index in [2.05, 4.69) is 10.3 Å². The van der Waals surface area contributed by atoms with Gasteiger partial charge in [-0.3, -0.25) is 9.59 Å². The molecular formula is C18H24N4O4S2. The molecule has 3 heterocycles. The number of amides is 2. The Morgan fingerprint density at radius 1 is 1.39 bits per heavy atom. The highest BCUT2D eigenvalue weighted by atomic mass is 32.2. The summed E-state index contributed by atoms with van der Waals surface area (Å²) in [4.78, 5) is 32.0. The molecule has 0 aromatic carbocycles. The molecule has 8 nitrogen and oxygen atoms in total. The molecule has 2 aliphatic heterocycles. The minimum absolute atomic E-state index is 0.102. The lowest BCUT2D eigenvalue weighted by atomic mass is 9.89. The zero-order chi connectivity index (χ0) is 20.2. The first kappa shape index (κ1) is 19.5. The molecular weight excluding hydrogens is 400 g/mol. The van der Waals surface area contributed by atoms with E-state index in [1.54, 1.807) is 16.4 Å². The van der Waals surface area contributed by atoms with Crippen molar-refractivity contribution in [2.24, 2.45) is 11.8 Å². The van der Waals surface area contributed by atoms with E-state index in [4.69, 9.17) is 0 Å². The average Bonchev–Trinajstić information content (AvgIpc) is 3.02. The molecule has 1 aromatic rings. The van der Waals surface area contributed by atoms with E-state index < -0.39 is 27.9 Å². The van der Waals surface area contributed by atoms with Crippen LogP contribution >= 0.6 is 11.3 Å². The third kappa shape index (κ3) is 3.37. The van der Waals surface area contributed by atoms with E-state index in [0.29, 0.717) is 24.0 Å². The summed E-state index contributed by atoms with van der Waals surface area (Å²) in [5, 5.41) is 5.96. The number of carbonyl (C=O) groups excluding carboxylic acids is 2. The Labute approximate surface area is 168 Å². The molecule has 2 fully saturated rings. The maximum atomic E-state index is 13.1. The molecule has 1 N–H and O–H groups in total. The zero-order valence-electron chi connectivity index (χ0n) is 16.1. The van der Waals surface area contributed by atoms with E-state index in [9.17, 15) is 18.0 Å². The third-order valence-electron chi connectivity index (χ3n) is 5.40. The summed E-state index contributed by atoms with van der Waals surface area (Å²) in [5.74, 6) is -1.41. The van der Waals surface area contributed by atoms with Gasteiger partial charge >= 0.3 is 0 Å². The molecule has 2 amide bonds. The predicted molar refractivity (Wildman–Crippen MR) is 105 cm³/mol. The topological polar surface area (TPSA) is 99.7 Å². The van der Waals surface area contributed by atoms with Crippen LogP contribution in [0.3, 0.4) is 0 Å². The largest absolute Gasteiger partial charge is 0.324 e. The van der Waals surface area contributed by atoms with Crippen LogP contribution in [-0.2, 0) is 21.4 Å². The van der Waals surface area contributed by atoms with Gasteiger partial charge in [-0.1, -0.05) is 13.8 Å². The summed E-state index contributed by atoms with van der Waals surface area (Å²) in [6.07, 6.45) is 5.06. The first-order valence-corrected chi connectivity index (χ1v) is 12.1. The fourth-order valence-corrected chi connectivity index (χ4v) is 5.67. The van der Waals surface area contributed by atoms with Crippen molar-refractivity contribution in [1.29, 1.82) is 0 Å².